The highest BCUT2D eigenvalue weighted by atomic mass is 79.9. The van der Waals surface area contributed by atoms with E-state index in [4.69, 9.17) is 16.3 Å². The molecule has 0 saturated carbocycles. The maximum atomic E-state index is 11.6. The summed E-state index contributed by atoms with van der Waals surface area (Å²) in [4.78, 5) is 15.5. The Morgan fingerprint density at radius 1 is 1.65 bits per heavy atom. The van der Waals surface area contributed by atoms with Gasteiger partial charge in [0, 0.05) is 6.20 Å². The number of carbonyl (C=O) groups excluding carboxylic acids is 1. The Hall–Kier alpha value is -0.650. The number of hydrogen-bond acceptors (Lipinski definition) is 3. The quantitative estimate of drug-likeness (QED) is 0.905. The molecule has 1 aromatic rings. The third kappa shape index (κ3) is 4.61. The Labute approximate surface area is 114 Å². The van der Waals surface area contributed by atoms with Crippen LogP contribution in [0.3, 0.4) is 0 Å². The van der Waals surface area contributed by atoms with Crippen molar-refractivity contribution in [3.8, 4) is 0 Å². The van der Waals surface area contributed by atoms with E-state index in [1.807, 2.05) is 13.8 Å². The summed E-state index contributed by atoms with van der Waals surface area (Å²) in [6.07, 6.45) is 3.99. The lowest BCUT2D eigenvalue weighted by Crippen LogP contribution is -2.21. The average Bonchev–Trinajstić information content (AvgIpc) is 2.32. The van der Waals surface area contributed by atoms with Crippen molar-refractivity contribution in [1.82, 2.24) is 4.98 Å². The van der Waals surface area contributed by atoms with Gasteiger partial charge in [-0.05, 0) is 29.3 Å². The fourth-order valence-electron chi connectivity index (χ4n) is 1.03. The fourth-order valence-corrected chi connectivity index (χ4v) is 1.51. The van der Waals surface area contributed by atoms with Crippen molar-refractivity contribution >= 4 is 39.1 Å². The van der Waals surface area contributed by atoms with Gasteiger partial charge in [-0.2, -0.15) is 0 Å². The minimum Gasteiger partial charge on any atom is -0.369 e. The molecule has 1 rings (SSSR count). The van der Waals surface area contributed by atoms with E-state index < -0.39 is 0 Å². The van der Waals surface area contributed by atoms with Gasteiger partial charge in [0.25, 0.3) is 0 Å². The Morgan fingerprint density at radius 2 is 2.35 bits per heavy atom. The molecular weight excluding hydrogens is 307 g/mol. The SMILES string of the molecule is CCC(C)OCC(=O)Nc1cncc(Br)c1Cl. The molecule has 0 aromatic carbocycles. The zero-order chi connectivity index (χ0) is 12.8. The normalized spacial score (nSPS) is 12.2. The number of carbonyl (C=O) groups is 1. The fraction of sp³-hybridized carbons (Fsp3) is 0.455. The van der Waals surface area contributed by atoms with E-state index in [-0.39, 0.29) is 18.6 Å². The monoisotopic (exact) mass is 320 g/mol. The third-order valence-corrected chi connectivity index (χ3v) is 3.42. The molecule has 0 bridgehead atoms. The molecule has 94 valence electrons. The Balaban J connectivity index is 2.54. The zero-order valence-electron chi connectivity index (χ0n) is 9.67. The number of anilines is 1. The first-order chi connectivity index (χ1) is 8.04. The van der Waals surface area contributed by atoms with Crippen molar-refractivity contribution < 1.29 is 9.53 Å². The van der Waals surface area contributed by atoms with E-state index in [1.54, 1.807) is 6.20 Å². The molecule has 1 unspecified atom stereocenters. The van der Waals surface area contributed by atoms with Crippen LogP contribution < -0.4 is 5.32 Å². The second-order valence-corrected chi connectivity index (χ2v) is 4.79. The summed E-state index contributed by atoms with van der Waals surface area (Å²) in [7, 11) is 0. The number of halogens is 2. The minimum absolute atomic E-state index is 0.0118. The summed E-state index contributed by atoms with van der Waals surface area (Å²) < 4.78 is 5.95. The number of pyridine rings is 1. The van der Waals surface area contributed by atoms with Gasteiger partial charge in [0.05, 0.1) is 27.5 Å². The Kier molecular flexibility index (Phi) is 5.88. The van der Waals surface area contributed by atoms with Crippen LogP contribution in [0.15, 0.2) is 16.9 Å². The van der Waals surface area contributed by atoms with E-state index in [0.717, 1.165) is 6.42 Å². The van der Waals surface area contributed by atoms with Crippen molar-refractivity contribution in [1.29, 1.82) is 0 Å². The van der Waals surface area contributed by atoms with Crippen molar-refractivity contribution in [2.45, 2.75) is 26.4 Å². The van der Waals surface area contributed by atoms with Crippen LogP contribution in [0.4, 0.5) is 5.69 Å². The molecule has 1 N–H and O–H groups in total. The van der Waals surface area contributed by atoms with Crippen LogP contribution >= 0.6 is 27.5 Å². The molecule has 17 heavy (non-hydrogen) atoms. The van der Waals surface area contributed by atoms with E-state index in [2.05, 4.69) is 26.2 Å². The van der Waals surface area contributed by atoms with Gasteiger partial charge in [-0.15, -0.1) is 0 Å². The maximum Gasteiger partial charge on any atom is 0.250 e. The van der Waals surface area contributed by atoms with Gasteiger partial charge >= 0.3 is 0 Å². The summed E-state index contributed by atoms with van der Waals surface area (Å²) in [5.41, 5.74) is 0.471. The molecular formula is C11H14BrClN2O2. The van der Waals surface area contributed by atoms with Crippen LogP contribution in [-0.4, -0.2) is 23.6 Å². The Morgan fingerprint density at radius 3 is 3.00 bits per heavy atom. The van der Waals surface area contributed by atoms with Crippen LogP contribution in [0, 0.1) is 0 Å². The molecule has 1 aromatic heterocycles. The molecule has 6 heteroatoms. The van der Waals surface area contributed by atoms with Crippen LogP contribution in [-0.2, 0) is 9.53 Å². The van der Waals surface area contributed by atoms with Gasteiger partial charge in [0.15, 0.2) is 0 Å². The van der Waals surface area contributed by atoms with Crippen molar-refractivity contribution in [2.75, 3.05) is 11.9 Å². The molecule has 1 atom stereocenters. The van der Waals surface area contributed by atoms with Gasteiger partial charge in [0.2, 0.25) is 5.91 Å². The van der Waals surface area contributed by atoms with Crippen molar-refractivity contribution in [3.63, 3.8) is 0 Å². The van der Waals surface area contributed by atoms with Gasteiger partial charge < -0.3 is 10.1 Å². The second kappa shape index (κ2) is 6.93. The lowest BCUT2D eigenvalue weighted by Gasteiger charge is -2.11. The average molecular weight is 322 g/mol. The molecule has 0 fully saturated rings. The third-order valence-electron chi connectivity index (χ3n) is 2.19. The predicted molar refractivity (Wildman–Crippen MR) is 71.3 cm³/mol. The molecule has 1 heterocycles. The van der Waals surface area contributed by atoms with Gasteiger partial charge in [-0.3, -0.25) is 9.78 Å². The molecule has 0 radical (unpaired) electrons. The summed E-state index contributed by atoms with van der Waals surface area (Å²) >= 11 is 9.22. The number of amides is 1. The second-order valence-electron chi connectivity index (χ2n) is 3.56. The first-order valence-electron chi connectivity index (χ1n) is 5.25. The predicted octanol–water partition coefficient (Wildman–Crippen LogP) is 3.25. The number of nitrogens with one attached hydrogen (secondary N) is 1. The number of hydrogen-bond donors (Lipinski definition) is 1. The standard InChI is InChI=1S/C11H14BrClN2O2/c1-3-7(2)17-6-10(16)15-9-5-14-4-8(12)11(9)13/h4-5,7H,3,6H2,1-2H3,(H,15,16). The highest BCUT2D eigenvalue weighted by molar-refractivity contribution is 9.10. The van der Waals surface area contributed by atoms with E-state index in [9.17, 15) is 4.79 Å². The lowest BCUT2D eigenvalue weighted by atomic mass is 10.3. The topological polar surface area (TPSA) is 51.2 Å². The largest absolute Gasteiger partial charge is 0.369 e. The summed E-state index contributed by atoms with van der Waals surface area (Å²) in [5.74, 6) is -0.243. The van der Waals surface area contributed by atoms with Crippen LogP contribution in [0.1, 0.15) is 20.3 Å². The molecule has 0 aliphatic heterocycles. The van der Waals surface area contributed by atoms with Gasteiger partial charge in [-0.1, -0.05) is 18.5 Å². The summed E-state index contributed by atoms with van der Waals surface area (Å²) in [6, 6.07) is 0. The molecule has 4 nitrogen and oxygen atoms in total. The summed E-state index contributed by atoms with van der Waals surface area (Å²) in [6.45, 7) is 3.93. The van der Waals surface area contributed by atoms with Gasteiger partial charge in [0.1, 0.15) is 6.61 Å². The van der Waals surface area contributed by atoms with Crippen molar-refractivity contribution in [3.05, 3.63) is 21.9 Å². The molecule has 1 amide bonds. The number of rotatable bonds is 5. The van der Waals surface area contributed by atoms with Crippen LogP contribution in [0.5, 0.6) is 0 Å². The van der Waals surface area contributed by atoms with E-state index in [1.165, 1.54) is 6.20 Å². The first-order valence-corrected chi connectivity index (χ1v) is 6.42. The number of nitrogens with zero attached hydrogens (tertiary/aromatic N) is 1. The molecule has 0 aliphatic carbocycles. The van der Waals surface area contributed by atoms with Crippen LogP contribution in [0.25, 0.3) is 0 Å². The highest BCUT2D eigenvalue weighted by Gasteiger charge is 2.09. The van der Waals surface area contributed by atoms with Crippen LogP contribution in [0.2, 0.25) is 5.02 Å². The molecule has 0 aliphatic rings. The number of ether oxygens (including phenoxy) is 1. The first kappa shape index (κ1) is 14.4. The van der Waals surface area contributed by atoms with E-state index in [0.29, 0.717) is 15.2 Å². The van der Waals surface area contributed by atoms with Gasteiger partial charge in [-0.25, -0.2) is 0 Å². The van der Waals surface area contributed by atoms with Crippen molar-refractivity contribution in [2.24, 2.45) is 0 Å². The van der Waals surface area contributed by atoms with E-state index >= 15 is 0 Å². The highest BCUT2D eigenvalue weighted by Crippen LogP contribution is 2.28. The summed E-state index contributed by atoms with van der Waals surface area (Å²) in [5, 5.41) is 3.07. The zero-order valence-corrected chi connectivity index (χ0v) is 12.0. The maximum absolute atomic E-state index is 11.6. The smallest absolute Gasteiger partial charge is 0.250 e. The minimum atomic E-state index is -0.243. The number of aromatic nitrogens is 1. The Bertz CT molecular complexity index is 401. The molecule has 0 saturated heterocycles. The lowest BCUT2D eigenvalue weighted by molar-refractivity contribution is -0.122. The molecule has 0 spiro atoms.